The summed E-state index contributed by atoms with van der Waals surface area (Å²) in [7, 11) is -1.62. The van der Waals surface area contributed by atoms with E-state index in [0.29, 0.717) is 9.90 Å². The van der Waals surface area contributed by atoms with E-state index >= 15 is 0 Å². The van der Waals surface area contributed by atoms with Gasteiger partial charge in [-0.25, -0.2) is 13.1 Å². The first-order valence-electron chi connectivity index (χ1n) is 7.14. The number of nitrogens with zero attached hydrogens (tertiary/aromatic N) is 1. The highest BCUT2D eigenvalue weighted by atomic mass is 35.5. The van der Waals surface area contributed by atoms with Crippen LogP contribution in [0.15, 0.2) is 34.5 Å². The molecule has 1 aromatic carbocycles. The number of anilines is 1. The van der Waals surface area contributed by atoms with Crippen molar-refractivity contribution >= 4 is 38.6 Å². The first kappa shape index (κ1) is 16.7. The Labute approximate surface area is 144 Å². The zero-order valence-corrected chi connectivity index (χ0v) is 14.9. The molecule has 1 aromatic heterocycles. The second kappa shape index (κ2) is 6.41. The number of fused-ring (bicyclic) bond motifs is 1. The summed E-state index contributed by atoms with van der Waals surface area (Å²) < 4.78 is 27.3. The first-order chi connectivity index (χ1) is 10.9. The van der Waals surface area contributed by atoms with Crippen molar-refractivity contribution in [2.75, 3.05) is 25.0 Å². The minimum atomic E-state index is -3.65. The van der Waals surface area contributed by atoms with Gasteiger partial charge in [0.2, 0.25) is 10.0 Å². The van der Waals surface area contributed by atoms with Crippen molar-refractivity contribution < 1.29 is 13.5 Å². The van der Waals surface area contributed by atoms with Crippen LogP contribution in [0.1, 0.15) is 17.2 Å². The summed E-state index contributed by atoms with van der Waals surface area (Å²) in [6.45, 7) is 0.882. The third kappa shape index (κ3) is 3.54. The summed E-state index contributed by atoms with van der Waals surface area (Å²) in [6.07, 6.45) is 0.0441. The molecule has 0 radical (unpaired) electrons. The largest absolute Gasteiger partial charge is 0.387 e. The predicted octanol–water partition coefficient (Wildman–Crippen LogP) is 2.41. The average Bonchev–Trinajstić information content (AvgIpc) is 3.12. The van der Waals surface area contributed by atoms with E-state index in [9.17, 15) is 13.5 Å². The van der Waals surface area contributed by atoms with Crippen LogP contribution >= 0.6 is 22.9 Å². The number of aliphatic hydroxyl groups is 1. The number of nitrogens with one attached hydrogen (secondary N) is 1. The summed E-state index contributed by atoms with van der Waals surface area (Å²) in [6, 6.07) is 8.73. The molecule has 0 saturated carbocycles. The lowest BCUT2D eigenvalue weighted by atomic mass is 10.0. The second-order valence-electron chi connectivity index (χ2n) is 5.49. The molecule has 8 heteroatoms. The highest BCUT2D eigenvalue weighted by Crippen LogP contribution is 2.29. The minimum absolute atomic E-state index is 0.0769. The van der Waals surface area contributed by atoms with Crippen molar-refractivity contribution in [1.82, 2.24) is 4.72 Å². The van der Waals surface area contributed by atoms with Crippen molar-refractivity contribution in [2.45, 2.75) is 16.7 Å². The Morgan fingerprint density at radius 1 is 1.39 bits per heavy atom. The number of rotatable bonds is 5. The molecular formula is C15H17ClN2O3S2. The van der Waals surface area contributed by atoms with Gasteiger partial charge in [-0.2, -0.15) is 0 Å². The van der Waals surface area contributed by atoms with Gasteiger partial charge in [0.1, 0.15) is 4.21 Å². The normalized spacial score (nSPS) is 15.7. The lowest BCUT2D eigenvalue weighted by Gasteiger charge is -2.15. The summed E-state index contributed by atoms with van der Waals surface area (Å²) in [5.74, 6) is 0. The van der Waals surface area contributed by atoms with Gasteiger partial charge in [0.25, 0.3) is 0 Å². The number of benzene rings is 1. The average molecular weight is 373 g/mol. The van der Waals surface area contributed by atoms with Crippen LogP contribution in [-0.2, 0) is 16.4 Å². The molecule has 1 atom stereocenters. The minimum Gasteiger partial charge on any atom is -0.387 e. The van der Waals surface area contributed by atoms with Crippen molar-refractivity contribution in [3.05, 3.63) is 45.8 Å². The summed E-state index contributed by atoms with van der Waals surface area (Å²) >= 11 is 6.75. The molecule has 124 valence electrons. The molecule has 5 nitrogen and oxygen atoms in total. The Balaban J connectivity index is 1.69. The molecule has 2 aromatic rings. The molecule has 0 amide bonds. The molecule has 0 saturated heterocycles. The number of hydrogen-bond acceptors (Lipinski definition) is 5. The molecule has 0 fully saturated rings. The summed E-state index contributed by atoms with van der Waals surface area (Å²) in [5.41, 5.74) is 3.05. The molecule has 1 unspecified atom stereocenters. The Hall–Kier alpha value is -1.12. The highest BCUT2D eigenvalue weighted by molar-refractivity contribution is 7.91. The Bertz CT molecular complexity index is 820. The SMILES string of the molecule is CN1CCc2cc(C(O)CNS(=O)(=O)c3ccc(Cl)s3)ccc21. The van der Waals surface area contributed by atoms with Crippen molar-refractivity contribution in [3.8, 4) is 0 Å². The zero-order valence-electron chi connectivity index (χ0n) is 12.5. The molecule has 1 aliphatic heterocycles. The fraction of sp³-hybridized carbons (Fsp3) is 0.333. The van der Waals surface area contributed by atoms with Gasteiger partial charge >= 0.3 is 0 Å². The maximum atomic E-state index is 12.1. The van der Waals surface area contributed by atoms with Crippen molar-refractivity contribution in [2.24, 2.45) is 0 Å². The molecular weight excluding hydrogens is 356 g/mol. The quantitative estimate of drug-likeness (QED) is 0.845. The molecule has 23 heavy (non-hydrogen) atoms. The fourth-order valence-corrected chi connectivity index (χ4v) is 5.18. The number of likely N-dealkylation sites (N-methyl/N-ethyl adjacent to an activating group) is 1. The van der Waals surface area contributed by atoms with E-state index < -0.39 is 16.1 Å². The van der Waals surface area contributed by atoms with Crippen LogP contribution in [0.4, 0.5) is 5.69 Å². The number of thiophene rings is 1. The van der Waals surface area contributed by atoms with Crippen LogP contribution in [-0.4, -0.2) is 33.7 Å². The van der Waals surface area contributed by atoms with E-state index in [-0.39, 0.29) is 10.8 Å². The topological polar surface area (TPSA) is 69.6 Å². The second-order valence-corrected chi connectivity index (χ2v) is 9.19. The van der Waals surface area contributed by atoms with Crippen LogP contribution in [0.3, 0.4) is 0 Å². The maximum Gasteiger partial charge on any atom is 0.250 e. The first-order valence-corrected chi connectivity index (χ1v) is 9.81. The lowest BCUT2D eigenvalue weighted by Crippen LogP contribution is -2.28. The molecule has 3 rings (SSSR count). The van der Waals surface area contributed by atoms with Gasteiger partial charge in [-0.05, 0) is 35.7 Å². The van der Waals surface area contributed by atoms with Crippen LogP contribution in [0, 0.1) is 0 Å². The van der Waals surface area contributed by atoms with Crippen molar-refractivity contribution in [1.29, 1.82) is 0 Å². The smallest absolute Gasteiger partial charge is 0.250 e. The third-order valence-corrected chi connectivity index (χ3v) is 7.04. The van der Waals surface area contributed by atoms with Gasteiger partial charge in [-0.1, -0.05) is 23.7 Å². The van der Waals surface area contributed by atoms with E-state index in [1.165, 1.54) is 17.7 Å². The van der Waals surface area contributed by atoms with Gasteiger partial charge in [-0.3, -0.25) is 0 Å². The fourth-order valence-electron chi connectivity index (χ4n) is 2.61. The number of halogens is 1. The molecule has 0 spiro atoms. The van der Waals surface area contributed by atoms with Gasteiger partial charge < -0.3 is 10.0 Å². The summed E-state index contributed by atoms with van der Waals surface area (Å²) in [4.78, 5) is 2.16. The van der Waals surface area contributed by atoms with Crippen LogP contribution in [0.2, 0.25) is 4.34 Å². The monoisotopic (exact) mass is 372 g/mol. The standard InChI is InChI=1S/C15H17ClN2O3S2/c1-18-7-6-10-8-11(2-3-12(10)18)13(19)9-17-23(20,21)15-5-4-14(16)22-15/h2-5,8,13,17,19H,6-7,9H2,1H3. The number of hydrogen-bond donors (Lipinski definition) is 2. The maximum absolute atomic E-state index is 12.1. The van der Waals surface area contributed by atoms with Crippen LogP contribution in [0.5, 0.6) is 0 Å². The Morgan fingerprint density at radius 3 is 2.87 bits per heavy atom. The zero-order chi connectivity index (χ0) is 16.6. The van der Waals surface area contributed by atoms with Crippen molar-refractivity contribution in [3.63, 3.8) is 0 Å². The Morgan fingerprint density at radius 2 is 2.17 bits per heavy atom. The predicted molar refractivity (Wildman–Crippen MR) is 92.9 cm³/mol. The molecule has 2 N–H and O–H groups in total. The third-order valence-electron chi connectivity index (χ3n) is 3.90. The van der Waals surface area contributed by atoms with E-state index in [2.05, 4.69) is 9.62 Å². The summed E-state index contributed by atoms with van der Waals surface area (Å²) in [5, 5.41) is 10.3. The van der Waals surface area contributed by atoms with Gasteiger partial charge in [0.05, 0.1) is 10.4 Å². The van der Waals surface area contributed by atoms with Gasteiger partial charge in [-0.15, -0.1) is 11.3 Å². The molecule has 2 heterocycles. The van der Waals surface area contributed by atoms with Gasteiger partial charge in [0, 0.05) is 25.8 Å². The molecule has 1 aliphatic rings. The number of aliphatic hydroxyl groups excluding tert-OH is 1. The molecule has 0 bridgehead atoms. The van der Waals surface area contributed by atoms with E-state index in [0.717, 1.165) is 30.0 Å². The van der Waals surface area contributed by atoms with Gasteiger partial charge in [0.15, 0.2) is 0 Å². The van der Waals surface area contributed by atoms with E-state index in [1.807, 2.05) is 25.2 Å². The number of sulfonamides is 1. The Kier molecular flexibility index (Phi) is 4.66. The van der Waals surface area contributed by atoms with Crippen LogP contribution < -0.4 is 9.62 Å². The van der Waals surface area contributed by atoms with Crippen LogP contribution in [0.25, 0.3) is 0 Å². The molecule has 0 aliphatic carbocycles. The lowest BCUT2D eigenvalue weighted by molar-refractivity contribution is 0.182. The van der Waals surface area contributed by atoms with E-state index in [1.54, 1.807) is 0 Å². The van der Waals surface area contributed by atoms with E-state index in [4.69, 9.17) is 11.6 Å². The highest BCUT2D eigenvalue weighted by Gasteiger charge is 2.21.